The summed E-state index contributed by atoms with van der Waals surface area (Å²) in [6.45, 7) is 4.11. The minimum atomic E-state index is 0. The Morgan fingerprint density at radius 3 is 2.72 bits per heavy atom. The lowest BCUT2D eigenvalue weighted by atomic mass is 10.1. The van der Waals surface area contributed by atoms with E-state index < -0.39 is 0 Å². The summed E-state index contributed by atoms with van der Waals surface area (Å²) in [6.07, 6.45) is 1.93. The van der Waals surface area contributed by atoms with Crippen molar-refractivity contribution in [3.05, 3.63) is 35.7 Å². The number of aryl methyl sites for hydroxylation is 2. The molecule has 3 aromatic rings. The molecule has 1 N–H and O–H groups in total. The smallest absolute Gasteiger partial charge is 0.120 e. The van der Waals surface area contributed by atoms with E-state index in [1.165, 1.54) is 16.3 Å². The van der Waals surface area contributed by atoms with E-state index in [1.807, 2.05) is 25.3 Å². The molecule has 0 aliphatic heterocycles. The number of benzene rings is 1. The van der Waals surface area contributed by atoms with Gasteiger partial charge in [0.1, 0.15) is 5.75 Å². The number of ether oxygens (including phenoxy) is 1. The summed E-state index contributed by atoms with van der Waals surface area (Å²) < 4.78 is 5.24. The Bertz CT molecular complexity index is 718. The highest BCUT2D eigenvalue weighted by Crippen LogP contribution is 2.31. The van der Waals surface area contributed by atoms with E-state index >= 15 is 0 Å². The van der Waals surface area contributed by atoms with E-state index in [1.54, 1.807) is 7.11 Å². The van der Waals surface area contributed by atoms with Crippen LogP contribution in [0.5, 0.6) is 5.75 Å². The minimum Gasteiger partial charge on any atom is -0.497 e. The summed E-state index contributed by atoms with van der Waals surface area (Å²) >= 11 is 0. The maximum absolute atomic E-state index is 5.24. The second kappa shape index (κ2) is 4.50. The lowest BCUT2D eigenvalue weighted by Crippen LogP contribution is -1.84. The summed E-state index contributed by atoms with van der Waals surface area (Å²) in [7, 11) is 1.68. The van der Waals surface area contributed by atoms with Crippen LogP contribution in [0.25, 0.3) is 21.8 Å². The van der Waals surface area contributed by atoms with Crippen molar-refractivity contribution >= 4 is 34.2 Å². The van der Waals surface area contributed by atoms with Gasteiger partial charge >= 0.3 is 0 Å². The van der Waals surface area contributed by atoms with Gasteiger partial charge in [0.25, 0.3) is 0 Å². The lowest BCUT2D eigenvalue weighted by molar-refractivity contribution is 0.415. The first-order valence-corrected chi connectivity index (χ1v) is 5.62. The van der Waals surface area contributed by atoms with Crippen molar-refractivity contribution in [2.45, 2.75) is 13.8 Å². The van der Waals surface area contributed by atoms with Gasteiger partial charge in [0.05, 0.1) is 23.8 Å². The second-order valence-electron chi connectivity index (χ2n) is 4.31. The lowest BCUT2D eigenvalue weighted by Gasteiger charge is -2.00. The normalized spacial score (nSPS) is 10.6. The molecule has 0 unspecified atom stereocenters. The Morgan fingerprint density at radius 1 is 1.22 bits per heavy atom. The van der Waals surface area contributed by atoms with Gasteiger partial charge in [0, 0.05) is 23.0 Å². The number of halogens is 1. The number of methoxy groups -OCH3 is 1. The quantitative estimate of drug-likeness (QED) is 0.725. The van der Waals surface area contributed by atoms with Gasteiger partial charge in [-0.1, -0.05) is 0 Å². The molecular weight excluding hydrogens is 248 g/mol. The molecule has 0 radical (unpaired) electrons. The Balaban J connectivity index is 0.00000120. The maximum atomic E-state index is 5.24. The first-order chi connectivity index (χ1) is 8.20. The molecule has 18 heavy (non-hydrogen) atoms. The first kappa shape index (κ1) is 12.7. The number of hydrogen-bond acceptors (Lipinski definition) is 2. The number of H-pyrrole nitrogens is 1. The zero-order valence-corrected chi connectivity index (χ0v) is 11.4. The van der Waals surface area contributed by atoms with E-state index in [9.17, 15) is 0 Å². The molecule has 94 valence electrons. The Kier molecular flexibility index (Phi) is 3.18. The number of nitrogens with one attached hydrogen (secondary N) is 1. The van der Waals surface area contributed by atoms with Gasteiger partial charge in [-0.25, -0.2) is 0 Å². The van der Waals surface area contributed by atoms with Crippen LogP contribution in [0, 0.1) is 13.8 Å². The SMILES string of the molecule is COc1ccc2c(c1)[nH]c1c(C)ncc(C)c12.Cl. The average molecular weight is 263 g/mol. The highest BCUT2D eigenvalue weighted by atomic mass is 35.5. The van der Waals surface area contributed by atoms with Gasteiger partial charge in [0.15, 0.2) is 0 Å². The predicted octanol–water partition coefficient (Wildman–Crippen LogP) is 3.76. The van der Waals surface area contributed by atoms with Crippen LogP contribution in [0.2, 0.25) is 0 Å². The van der Waals surface area contributed by atoms with Crippen LogP contribution < -0.4 is 4.74 Å². The highest BCUT2D eigenvalue weighted by Gasteiger charge is 2.09. The van der Waals surface area contributed by atoms with Crippen LogP contribution in [0.15, 0.2) is 24.4 Å². The predicted molar refractivity (Wildman–Crippen MR) is 76.9 cm³/mol. The molecule has 0 atom stereocenters. The molecule has 2 aromatic heterocycles. The number of rotatable bonds is 1. The third kappa shape index (κ3) is 1.71. The summed E-state index contributed by atoms with van der Waals surface area (Å²) in [6, 6.07) is 6.11. The first-order valence-electron chi connectivity index (χ1n) is 5.62. The van der Waals surface area contributed by atoms with Gasteiger partial charge in [0.2, 0.25) is 0 Å². The van der Waals surface area contributed by atoms with Gasteiger partial charge in [-0.3, -0.25) is 4.98 Å². The van der Waals surface area contributed by atoms with Crippen LogP contribution >= 0.6 is 12.4 Å². The number of aromatic amines is 1. The fraction of sp³-hybridized carbons (Fsp3) is 0.214. The third-order valence-corrected chi connectivity index (χ3v) is 3.21. The largest absolute Gasteiger partial charge is 0.497 e. The van der Waals surface area contributed by atoms with Crippen molar-refractivity contribution in [2.24, 2.45) is 0 Å². The molecule has 0 fully saturated rings. The summed E-state index contributed by atoms with van der Waals surface area (Å²) in [5.41, 5.74) is 4.44. The molecule has 0 spiro atoms. The van der Waals surface area contributed by atoms with Crippen molar-refractivity contribution in [1.29, 1.82) is 0 Å². The van der Waals surface area contributed by atoms with Crippen LogP contribution in [0.4, 0.5) is 0 Å². The molecule has 2 heterocycles. The van der Waals surface area contributed by atoms with E-state index in [2.05, 4.69) is 23.0 Å². The summed E-state index contributed by atoms with van der Waals surface area (Å²) in [5, 5.41) is 2.49. The van der Waals surface area contributed by atoms with E-state index in [0.717, 1.165) is 22.5 Å². The molecule has 4 heteroatoms. The molecule has 0 aliphatic carbocycles. The Labute approximate surface area is 112 Å². The van der Waals surface area contributed by atoms with Gasteiger partial charge in [-0.05, 0) is 31.5 Å². The fourth-order valence-corrected chi connectivity index (χ4v) is 2.31. The monoisotopic (exact) mass is 262 g/mol. The molecule has 3 nitrogen and oxygen atoms in total. The van der Waals surface area contributed by atoms with Crippen LogP contribution in [0.3, 0.4) is 0 Å². The molecule has 0 aliphatic rings. The van der Waals surface area contributed by atoms with Crippen molar-refractivity contribution in [3.63, 3.8) is 0 Å². The highest BCUT2D eigenvalue weighted by molar-refractivity contribution is 6.09. The topological polar surface area (TPSA) is 37.9 Å². The molecule has 1 aromatic carbocycles. The summed E-state index contributed by atoms with van der Waals surface area (Å²) in [5.74, 6) is 0.868. The molecule has 0 saturated heterocycles. The molecule has 0 bridgehead atoms. The van der Waals surface area contributed by atoms with Crippen molar-refractivity contribution in [1.82, 2.24) is 9.97 Å². The minimum absolute atomic E-state index is 0. The fourth-order valence-electron chi connectivity index (χ4n) is 2.31. The molecule has 0 saturated carbocycles. The zero-order chi connectivity index (χ0) is 12.0. The van der Waals surface area contributed by atoms with Gasteiger partial charge < -0.3 is 9.72 Å². The molecule has 0 amide bonds. The number of hydrogen-bond donors (Lipinski definition) is 1. The summed E-state index contributed by atoms with van der Waals surface area (Å²) in [4.78, 5) is 7.80. The number of fused-ring (bicyclic) bond motifs is 3. The van der Waals surface area contributed by atoms with E-state index in [-0.39, 0.29) is 12.4 Å². The van der Waals surface area contributed by atoms with Gasteiger partial charge in [-0.15, -0.1) is 12.4 Å². The second-order valence-corrected chi connectivity index (χ2v) is 4.31. The number of aromatic nitrogens is 2. The van der Waals surface area contributed by atoms with Crippen LogP contribution in [-0.2, 0) is 0 Å². The average Bonchev–Trinajstić information content (AvgIpc) is 2.73. The van der Waals surface area contributed by atoms with E-state index in [4.69, 9.17) is 4.74 Å². The standard InChI is InChI=1S/C14H14N2O.ClH/c1-8-7-15-9(2)14-13(8)11-5-4-10(17-3)6-12(11)16-14;/h4-7,16H,1-3H3;1H. The number of nitrogens with zero attached hydrogens (tertiary/aromatic N) is 1. The third-order valence-electron chi connectivity index (χ3n) is 3.21. The maximum Gasteiger partial charge on any atom is 0.120 e. The van der Waals surface area contributed by atoms with Crippen LogP contribution in [-0.4, -0.2) is 17.1 Å². The van der Waals surface area contributed by atoms with Gasteiger partial charge in [-0.2, -0.15) is 0 Å². The van der Waals surface area contributed by atoms with Crippen molar-refractivity contribution in [3.8, 4) is 5.75 Å². The Morgan fingerprint density at radius 2 is 2.00 bits per heavy atom. The van der Waals surface area contributed by atoms with E-state index in [0.29, 0.717) is 0 Å². The van der Waals surface area contributed by atoms with Crippen molar-refractivity contribution in [2.75, 3.05) is 7.11 Å². The molecule has 3 rings (SSSR count). The van der Waals surface area contributed by atoms with Crippen LogP contribution in [0.1, 0.15) is 11.3 Å². The van der Waals surface area contributed by atoms with Crippen molar-refractivity contribution < 1.29 is 4.74 Å². The number of pyridine rings is 1. The zero-order valence-electron chi connectivity index (χ0n) is 10.6. The molecular formula is C14H15ClN2O. The Hall–Kier alpha value is -1.74.